The van der Waals surface area contributed by atoms with Crippen molar-refractivity contribution >= 4 is 21.9 Å². The summed E-state index contributed by atoms with van der Waals surface area (Å²) in [6.45, 7) is 9.62. The molecule has 27 heavy (non-hydrogen) atoms. The topological polar surface area (TPSA) is 48.5 Å². The molecular weight excluding hydrogens is 334 g/mol. The molecule has 0 fully saturated rings. The lowest BCUT2D eigenvalue weighted by Gasteiger charge is -2.13. The average molecular weight is 361 g/mol. The second-order valence-electron chi connectivity index (χ2n) is 7.89. The van der Waals surface area contributed by atoms with E-state index in [1.54, 1.807) is 0 Å². The van der Waals surface area contributed by atoms with Gasteiger partial charge in [-0.05, 0) is 60.6 Å². The van der Waals surface area contributed by atoms with Gasteiger partial charge in [-0.1, -0.05) is 38.1 Å². The van der Waals surface area contributed by atoms with Gasteiger partial charge in [-0.2, -0.15) is 5.10 Å². The molecule has 5 nitrogen and oxygen atoms in total. The van der Waals surface area contributed by atoms with E-state index in [2.05, 4.69) is 79.5 Å². The molecule has 4 rings (SSSR count). The molecule has 0 saturated carbocycles. The molecule has 2 aromatic heterocycles. The van der Waals surface area contributed by atoms with Crippen molar-refractivity contribution in [2.45, 2.75) is 52.5 Å². The zero-order chi connectivity index (χ0) is 19.1. The second kappa shape index (κ2) is 6.80. The summed E-state index contributed by atoms with van der Waals surface area (Å²) >= 11 is 0. The van der Waals surface area contributed by atoms with Crippen LogP contribution in [-0.2, 0) is 13.6 Å². The van der Waals surface area contributed by atoms with Crippen molar-refractivity contribution in [1.29, 1.82) is 0 Å². The summed E-state index contributed by atoms with van der Waals surface area (Å²) in [5, 5.41) is 14.5. The first-order chi connectivity index (χ1) is 12.9. The third-order valence-electron chi connectivity index (χ3n) is 5.61. The fourth-order valence-electron chi connectivity index (χ4n) is 3.76. The van der Waals surface area contributed by atoms with Crippen molar-refractivity contribution in [3.63, 3.8) is 0 Å². The van der Waals surface area contributed by atoms with Crippen molar-refractivity contribution in [2.24, 2.45) is 7.05 Å². The van der Waals surface area contributed by atoms with Crippen molar-refractivity contribution < 1.29 is 0 Å². The molecule has 5 heteroatoms. The van der Waals surface area contributed by atoms with E-state index in [-0.39, 0.29) is 0 Å². The van der Waals surface area contributed by atoms with E-state index >= 15 is 0 Å². The van der Waals surface area contributed by atoms with Crippen molar-refractivity contribution in [2.75, 3.05) is 0 Å². The molecule has 0 saturated heterocycles. The number of fused-ring (bicyclic) bond motifs is 2. The quantitative estimate of drug-likeness (QED) is 0.506. The van der Waals surface area contributed by atoms with Gasteiger partial charge < -0.3 is 0 Å². The van der Waals surface area contributed by atoms with Gasteiger partial charge >= 0.3 is 0 Å². The highest BCUT2D eigenvalue weighted by molar-refractivity contribution is 5.82. The van der Waals surface area contributed by atoms with Crippen LogP contribution in [0.25, 0.3) is 21.9 Å². The van der Waals surface area contributed by atoms with Crippen LogP contribution in [0.5, 0.6) is 0 Å². The monoisotopic (exact) mass is 361 g/mol. The van der Waals surface area contributed by atoms with E-state index in [4.69, 9.17) is 0 Å². The minimum atomic E-state index is 0.447. The zero-order valence-corrected chi connectivity index (χ0v) is 16.8. The van der Waals surface area contributed by atoms with E-state index in [9.17, 15) is 0 Å². The third-order valence-corrected chi connectivity index (χ3v) is 5.61. The van der Waals surface area contributed by atoms with Crippen LogP contribution in [0, 0.1) is 6.92 Å². The molecule has 0 amide bonds. The maximum Gasteiger partial charge on any atom is 0.113 e. The van der Waals surface area contributed by atoms with Gasteiger partial charge in [-0.15, -0.1) is 5.10 Å². The lowest BCUT2D eigenvalue weighted by molar-refractivity contribution is 0.532. The van der Waals surface area contributed by atoms with Crippen LogP contribution in [0.2, 0.25) is 0 Å². The summed E-state index contributed by atoms with van der Waals surface area (Å²) in [5.74, 6) is 0.952. The van der Waals surface area contributed by atoms with Crippen LogP contribution in [0.3, 0.4) is 0 Å². The minimum absolute atomic E-state index is 0.447. The lowest BCUT2D eigenvalue weighted by Crippen LogP contribution is -2.05. The summed E-state index contributed by atoms with van der Waals surface area (Å²) in [6, 6.07) is 13.2. The molecule has 1 atom stereocenters. The number of aromatic nitrogens is 5. The molecule has 1 unspecified atom stereocenters. The molecular formula is C22H27N5. The molecule has 0 spiro atoms. The van der Waals surface area contributed by atoms with Crippen molar-refractivity contribution in [3.8, 4) is 0 Å². The first kappa shape index (κ1) is 17.7. The fraction of sp³-hybridized carbons (Fsp3) is 0.409. The van der Waals surface area contributed by atoms with E-state index in [1.165, 1.54) is 22.0 Å². The van der Waals surface area contributed by atoms with Crippen LogP contribution >= 0.6 is 0 Å². The predicted molar refractivity (Wildman–Crippen MR) is 110 cm³/mol. The van der Waals surface area contributed by atoms with Crippen molar-refractivity contribution in [1.82, 2.24) is 24.8 Å². The first-order valence-corrected chi connectivity index (χ1v) is 9.70. The van der Waals surface area contributed by atoms with Gasteiger partial charge in [0.15, 0.2) is 0 Å². The zero-order valence-electron chi connectivity index (χ0n) is 16.8. The highest BCUT2D eigenvalue weighted by atomic mass is 15.4. The van der Waals surface area contributed by atoms with Crippen LogP contribution in [-0.4, -0.2) is 24.8 Å². The molecule has 4 aromatic rings. The SMILES string of the molecule is Cc1nn(C)c2ccc(C(C)CCn3nnc4cc(C(C)C)ccc43)cc12. The Bertz CT molecular complexity index is 1100. The van der Waals surface area contributed by atoms with Crippen LogP contribution in [0.15, 0.2) is 36.4 Å². The van der Waals surface area contributed by atoms with Gasteiger partial charge in [0.2, 0.25) is 0 Å². The number of aryl methyl sites for hydroxylation is 3. The Morgan fingerprint density at radius 3 is 2.48 bits per heavy atom. The Morgan fingerprint density at radius 2 is 1.70 bits per heavy atom. The number of rotatable bonds is 5. The van der Waals surface area contributed by atoms with Crippen LogP contribution in [0.4, 0.5) is 0 Å². The Morgan fingerprint density at radius 1 is 0.963 bits per heavy atom. The summed E-state index contributed by atoms with van der Waals surface area (Å²) in [6.07, 6.45) is 1.02. The van der Waals surface area contributed by atoms with E-state index in [0.29, 0.717) is 11.8 Å². The normalized spacial score (nSPS) is 13.1. The third kappa shape index (κ3) is 3.22. The number of nitrogens with zero attached hydrogens (tertiary/aromatic N) is 5. The van der Waals surface area contributed by atoms with Crippen molar-refractivity contribution in [3.05, 3.63) is 53.2 Å². The molecule has 0 aliphatic heterocycles. The lowest BCUT2D eigenvalue weighted by atomic mass is 9.96. The molecule has 2 heterocycles. The second-order valence-corrected chi connectivity index (χ2v) is 7.89. The summed E-state index contributed by atoms with van der Waals surface area (Å²) < 4.78 is 3.98. The van der Waals surface area contributed by atoms with Gasteiger partial charge in [-0.3, -0.25) is 4.68 Å². The number of benzene rings is 2. The highest BCUT2D eigenvalue weighted by Gasteiger charge is 2.12. The minimum Gasteiger partial charge on any atom is -0.268 e. The molecule has 140 valence electrons. The molecule has 0 radical (unpaired) electrons. The predicted octanol–water partition coefficient (Wildman–Crippen LogP) is 4.94. The van der Waals surface area contributed by atoms with Gasteiger partial charge in [-0.25, -0.2) is 4.68 Å². The standard InChI is InChI=1S/C22H27N5/c1-14(2)17-6-9-22-20(13-17)23-25-27(22)11-10-15(3)18-7-8-21-19(12-18)16(4)24-26(21)5/h6-9,12-15H,10-11H2,1-5H3. The first-order valence-electron chi connectivity index (χ1n) is 9.70. The average Bonchev–Trinajstić information content (AvgIpc) is 3.19. The van der Waals surface area contributed by atoms with E-state index in [0.717, 1.165) is 29.7 Å². The smallest absolute Gasteiger partial charge is 0.113 e. The summed E-state index contributed by atoms with van der Waals surface area (Å²) in [5.41, 5.74) is 7.04. The Hall–Kier alpha value is -2.69. The van der Waals surface area contributed by atoms with Gasteiger partial charge in [0, 0.05) is 19.0 Å². The Labute approximate surface area is 160 Å². The maximum absolute atomic E-state index is 4.53. The van der Waals surface area contributed by atoms with E-state index in [1.807, 2.05) is 16.4 Å². The number of hydrogen-bond donors (Lipinski definition) is 0. The molecule has 0 aliphatic rings. The Balaban J connectivity index is 1.53. The fourth-order valence-corrected chi connectivity index (χ4v) is 3.76. The molecule has 0 bridgehead atoms. The molecule has 2 aromatic carbocycles. The van der Waals surface area contributed by atoms with Gasteiger partial charge in [0.25, 0.3) is 0 Å². The maximum atomic E-state index is 4.53. The van der Waals surface area contributed by atoms with Gasteiger partial charge in [0.1, 0.15) is 5.52 Å². The van der Waals surface area contributed by atoms with Crippen LogP contribution < -0.4 is 0 Å². The Kier molecular flexibility index (Phi) is 4.46. The number of hydrogen-bond acceptors (Lipinski definition) is 3. The highest BCUT2D eigenvalue weighted by Crippen LogP contribution is 2.26. The molecule has 0 aliphatic carbocycles. The van der Waals surface area contributed by atoms with Gasteiger partial charge in [0.05, 0.1) is 16.7 Å². The summed E-state index contributed by atoms with van der Waals surface area (Å²) in [7, 11) is 2.00. The molecule has 0 N–H and O–H groups in total. The largest absolute Gasteiger partial charge is 0.268 e. The van der Waals surface area contributed by atoms with E-state index < -0.39 is 0 Å². The van der Waals surface area contributed by atoms with Crippen LogP contribution in [0.1, 0.15) is 55.8 Å². The summed E-state index contributed by atoms with van der Waals surface area (Å²) in [4.78, 5) is 0.